The van der Waals surface area contributed by atoms with E-state index in [1.54, 1.807) is 32.9 Å². The van der Waals surface area contributed by atoms with E-state index in [0.29, 0.717) is 12.2 Å². The van der Waals surface area contributed by atoms with Crippen LogP contribution in [0.3, 0.4) is 0 Å². The van der Waals surface area contributed by atoms with E-state index in [4.69, 9.17) is 4.74 Å². The second kappa shape index (κ2) is 8.00. The van der Waals surface area contributed by atoms with Crippen LogP contribution in [0.25, 0.3) is 0 Å². The third-order valence-corrected chi connectivity index (χ3v) is 3.48. The van der Waals surface area contributed by atoms with Crippen LogP contribution in [0.1, 0.15) is 39.2 Å². The second-order valence-electron chi connectivity index (χ2n) is 7.05. The number of amides is 3. The largest absolute Gasteiger partial charge is 0.444 e. The summed E-state index contributed by atoms with van der Waals surface area (Å²) in [5, 5.41) is 8.02. The summed E-state index contributed by atoms with van der Waals surface area (Å²) >= 11 is 0. The molecular formula is C18H25N3O4. The van der Waals surface area contributed by atoms with Crippen molar-refractivity contribution in [3.63, 3.8) is 0 Å². The molecule has 1 fully saturated rings. The maximum absolute atomic E-state index is 12.0. The quantitative estimate of drug-likeness (QED) is 0.735. The van der Waals surface area contributed by atoms with Crippen molar-refractivity contribution in [3.8, 4) is 0 Å². The van der Waals surface area contributed by atoms with E-state index in [-0.39, 0.29) is 24.3 Å². The molecule has 0 aromatic heterocycles. The van der Waals surface area contributed by atoms with Crippen LogP contribution in [0.5, 0.6) is 0 Å². The SMILES string of the molecule is CC(C)(C)OC(=O)NCC(=O)Nc1ccccc1CNC(=O)C1CC1. The molecule has 136 valence electrons. The van der Waals surface area contributed by atoms with Crippen LogP contribution in [0.15, 0.2) is 24.3 Å². The summed E-state index contributed by atoms with van der Waals surface area (Å²) in [6, 6.07) is 7.23. The molecule has 0 saturated heterocycles. The van der Waals surface area contributed by atoms with Gasteiger partial charge in [-0.15, -0.1) is 0 Å². The molecule has 7 heteroatoms. The lowest BCUT2D eigenvalue weighted by atomic mass is 10.1. The number of nitrogens with one attached hydrogen (secondary N) is 3. The minimum Gasteiger partial charge on any atom is -0.444 e. The maximum Gasteiger partial charge on any atom is 0.408 e. The highest BCUT2D eigenvalue weighted by Gasteiger charge is 2.29. The number of alkyl carbamates (subject to hydrolysis) is 1. The van der Waals surface area contributed by atoms with Crippen LogP contribution < -0.4 is 16.0 Å². The number of ether oxygens (including phenoxy) is 1. The zero-order chi connectivity index (χ0) is 18.4. The van der Waals surface area contributed by atoms with Gasteiger partial charge in [-0.2, -0.15) is 0 Å². The Bertz CT molecular complexity index is 648. The number of carbonyl (C=O) groups excluding carboxylic acids is 3. The van der Waals surface area contributed by atoms with Gasteiger partial charge in [0.05, 0.1) is 0 Å². The summed E-state index contributed by atoms with van der Waals surface area (Å²) < 4.78 is 5.08. The van der Waals surface area contributed by atoms with Crippen molar-refractivity contribution >= 4 is 23.6 Å². The van der Waals surface area contributed by atoms with Gasteiger partial charge in [0.15, 0.2) is 0 Å². The number of hydrogen-bond donors (Lipinski definition) is 3. The Morgan fingerprint density at radius 3 is 2.44 bits per heavy atom. The lowest BCUT2D eigenvalue weighted by molar-refractivity contribution is -0.122. The summed E-state index contributed by atoms with van der Waals surface area (Å²) in [6.45, 7) is 5.40. The van der Waals surface area contributed by atoms with Gasteiger partial charge in [0.25, 0.3) is 0 Å². The first-order chi connectivity index (χ1) is 11.7. The lowest BCUT2D eigenvalue weighted by Gasteiger charge is -2.19. The van der Waals surface area contributed by atoms with Gasteiger partial charge in [-0.25, -0.2) is 4.79 Å². The first kappa shape index (κ1) is 18.8. The van der Waals surface area contributed by atoms with Crippen LogP contribution in [0.2, 0.25) is 0 Å². The Hall–Kier alpha value is -2.57. The number of benzene rings is 1. The Kier molecular flexibility index (Phi) is 6.01. The monoisotopic (exact) mass is 347 g/mol. The predicted molar refractivity (Wildman–Crippen MR) is 93.9 cm³/mol. The Balaban J connectivity index is 1.83. The van der Waals surface area contributed by atoms with Gasteiger partial charge in [0, 0.05) is 18.2 Å². The molecule has 2 rings (SSSR count). The summed E-state index contributed by atoms with van der Waals surface area (Å²) in [4.78, 5) is 35.3. The van der Waals surface area contributed by atoms with Gasteiger partial charge in [0.2, 0.25) is 11.8 Å². The average molecular weight is 347 g/mol. The summed E-state index contributed by atoms with van der Waals surface area (Å²) in [5.74, 6) is -0.181. The Morgan fingerprint density at radius 2 is 1.80 bits per heavy atom. The molecular weight excluding hydrogens is 322 g/mol. The van der Waals surface area contributed by atoms with Crippen molar-refractivity contribution in [2.45, 2.75) is 45.8 Å². The summed E-state index contributed by atoms with van der Waals surface area (Å²) in [7, 11) is 0. The van der Waals surface area contributed by atoms with E-state index < -0.39 is 11.7 Å². The number of anilines is 1. The zero-order valence-electron chi connectivity index (χ0n) is 14.8. The third kappa shape index (κ3) is 6.82. The van der Waals surface area contributed by atoms with Gasteiger partial charge >= 0.3 is 6.09 Å². The number of para-hydroxylation sites is 1. The van der Waals surface area contributed by atoms with Crippen LogP contribution in [-0.2, 0) is 20.9 Å². The molecule has 0 aliphatic heterocycles. The van der Waals surface area contributed by atoms with E-state index in [1.807, 2.05) is 12.1 Å². The van der Waals surface area contributed by atoms with Crippen molar-refractivity contribution in [3.05, 3.63) is 29.8 Å². The van der Waals surface area contributed by atoms with Crippen LogP contribution in [0, 0.1) is 5.92 Å². The summed E-state index contributed by atoms with van der Waals surface area (Å²) in [5.41, 5.74) is 0.795. The standard InChI is InChI=1S/C18H25N3O4/c1-18(2,3)25-17(24)20-11-15(22)21-14-7-5-4-6-13(14)10-19-16(23)12-8-9-12/h4-7,12H,8-11H2,1-3H3,(H,19,23)(H,20,24)(H,21,22). The number of hydrogen-bond acceptors (Lipinski definition) is 4. The molecule has 1 aromatic rings. The molecule has 1 aliphatic carbocycles. The molecule has 7 nitrogen and oxygen atoms in total. The molecule has 0 heterocycles. The van der Waals surface area contributed by atoms with Crippen molar-refractivity contribution in [1.29, 1.82) is 0 Å². The highest BCUT2D eigenvalue weighted by molar-refractivity contribution is 5.94. The first-order valence-corrected chi connectivity index (χ1v) is 8.37. The number of carbonyl (C=O) groups is 3. The molecule has 3 amide bonds. The van der Waals surface area contributed by atoms with Gasteiger partial charge in [-0.1, -0.05) is 18.2 Å². The van der Waals surface area contributed by atoms with Crippen molar-refractivity contribution in [2.24, 2.45) is 5.92 Å². The normalized spacial score (nSPS) is 13.7. The second-order valence-corrected chi connectivity index (χ2v) is 7.05. The zero-order valence-corrected chi connectivity index (χ0v) is 14.8. The molecule has 0 atom stereocenters. The van der Waals surface area contributed by atoms with Gasteiger partial charge < -0.3 is 20.7 Å². The van der Waals surface area contributed by atoms with Crippen molar-refractivity contribution < 1.29 is 19.1 Å². The highest BCUT2D eigenvalue weighted by atomic mass is 16.6. The predicted octanol–water partition coefficient (Wildman–Crippen LogP) is 2.18. The molecule has 0 bridgehead atoms. The van der Waals surface area contributed by atoms with E-state index in [0.717, 1.165) is 18.4 Å². The molecule has 0 unspecified atom stereocenters. The van der Waals surface area contributed by atoms with Gasteiger partial charge in [-0.05, 0) is 45.2 Å². The topological polar surface area (TPSA) is 96.5 Å². The average Bonchev–Trinajstić information content (AvgIpc) is 3.35. The molecule has 3 N–H and O–H groups in total. The fourth-order valence-corrected chi connectivity index (χ4v) is 2.13. The molecule has 1 saturated carbocycles. The summed E-state index contributed by atoms with van der Waals surface area (Å²) in [6.07, 6.45) is 1.24. The number of rotatable bonds is 6. The van der Waals surface area contributed by atoms with E-state index in [1.165, 1.54) is 0 Å². The van der Waals surface area contributed by atoms with Crippen molar-refractivity contribution in [1.82, 2.24) is 10.6 Å². The van der Waals surface area contributed by atoms with E-state index in [9.17, 15) is 14.4 Å². The van der Waals surface area contributed by atoms with Crippen LogP contribution >= 0.6 is 0 Å². The maximum atomic E-state index is 12.0. The van der Waals surface area contributed by atoms with Crippen LogP contribution in [0.4, 0.5) is 10.5 Å². The highest BCUT2D eigenvalue weighted by Crippen LogP contribution is 2.29. The van der Waals surface area contributed by atoms with Gasteiger partial charge in [-0.3, -0.25) is 9.59 Å². The van der Waals surface area contributed by atoms with Gasteiger partial charge in [0.1, 0.15) is 12.1 Å². The smallest absolute Gasteiger partial charge is 0.408 e. The van der Waals surface area contributed by atoms with E-state index >= 15 is 0 Å². The molecule has 1 aromatic carbocycles. The fourth-order valence-electron chi connectivity index (χ4n) is 2.13. The third-order valence-electron chi connectivity index (χ3n) is 3.48. The van der Waals surface area contributed by atoms with E-state index in [2.05, 4.69) is 16.0 Å². The van der Waals surface area contributed by atoms with Crippen LogP contribution in [-0.4, -0.2) is 30.1 Å². The minimum absolute atomic E-state index is 0.0488. The molecule has 1 aliphatic rings. The Labute approximate surface area is 147 Å². The molecule has 0 spiro atoms. The first-order valence-electron chi connectivity index (χ1n) is 8.37. The molecule has 0 radical (unpaired) electrons. The lowest BCUT2D eigenvalue weighted by Crippen LogP contribution is -2.37. The minimum atomic E-state index is -0.646. The van der Waals surface area contributed by atoms with Crippen molar-refractivity contribution in [2.75, 3.05) is 11.9 Å². The molecule has 25 heavy (non-hydrogen) atoms. The Morgan fingerprint density at radius 1 is 1.12 bits per heavy atom. The fraction of sp³-hybridized carbons (Fsp3) is 0.500.